The normalized spacial score (nSPS) is 42.9. The number of aliphatic carboxylic acids is 1. The van der Waals surface area contributed by atoms with Gasteiger partial charge in [-0.3, -0.25) is 9.59 Å². The summed E-state index contributed by atoms with van der Waals surface area (Å²) >= 11 is 0. The van der Waals surface area contributed by atoms with E-state index in [1.54, 1.807) is 0 Å². The van der Waals surface area contributed by atoms with E-state index in [0.29, 0.717) is 0 Å². The first-order valence-corrected chi connectivity index (χ1v) is 14.2. The van der Waals surface area contributed by atoms with E-state index < -0.39 is 142 Å². The molecule has 21 heteroatoms. The van der Waals surface area contributed by atoms with E-state index in [9.17, 15) is 70.6 Å². The van der Waals surface area contributed by atoms with Crippen LogP contribution in [0.2, 0.25) is 0 Å². The molecular formula is C25H41N2O19-. The summed E-state index contributed by atoms with van der Waals surface area (Å²) in [5, 5.41) is 119. The van der Waals surface area contributed by atoms with Gasteiger partial charge in [-0.05, 0) is 0 Å². The van der Waals surface area contributed by atoms with E-state index in [2.05, 4.69) is 10.6 Å². The number of ether oxygens (including phenoxy) is 5. The number of nitrogens with one attached hydrogen (secondary N) is 2. The number of hydrogen-bond acceptors (Lipinski definition) is 19. The van der Waals surface area contributed by atoms with Crippen LogP contribution in [0.25, 0.3) is 0 Å². The van der Waals surface area contributed by atoms with Crippen LogP contribution in [-0.2, 0) is 38.1 Å². The molecule has 0 aromatic heterocycles. The summed E-state index contributed by atoms with van der Waals surface area (Å²) in [5.41, 5.74) is 0. The van der Waals surface area contributed by atoms with Gasteiger partial charge >= 0.3 is 0 Å². The van der Waals surface area contributed by atoms with Crippen molar-refractivity contribution in [2.75, 3.05) is 19.8 Å². The maximum Gasteiger partial charge on any atom is 0.217 e. The fourth-order valence-corrected chi connectivity index (χ4v) is 5.45. The van der Waals surface area contributed by atoms with Gasteiger partial charge in [0.25, 0.3) is 0 Å². The molecular weight excluding hydrogens is 632 g/mol. The van der Waals surface area contributed by atoms with Crippen molar-refractivity contribution < 1.29 is 94.2 Å². The molecule has 0 bridgehead atoms. The highest BCUT2D eigenvalue weighted by Crippen LogP contribution is 2.35. The van der Waals surface area contributed by atoms with Crippen molar-refractivity contribution in [3.8, 4) is 0 Å². The number of aliphatic hydroxyl groups excluding tert-OH is 10. The van der Waals surface area contributed by atoms with Gasteiger partial charge in [-0.2, -0.15) is 0 Å². The van der Waals surface area contributed by atoms with Gasteiger partial charge in [0.05, 0.1) is 32.0 Å². The van der Waals surface area contributed by atoms with Crippen LogP contribution in [0.3, 0.4) is 0 Å². The highest BCUT2D eigenvalue weighted by molar-refractivity contribution is 5.75. The lowest BCUT2D eigenvalue weighted by Crippen LogP contribution is -2.70. The molecule has 0 aromatic carbocycles. The summed E-state index contributed by atoms with van der Waals surface area (Å²) in [6.07, 6.45) is -25.3. The zero-order chi connectivity index (χ0) is 34.7. The van der Waals surface area contributed by atoms with Crippen LogP contribution in [0.4, 0.5) is 0 Å². The van der Waals surface area contributed by atoms with Crippen molar-refractivity contribution in [3.63, 3.8) is 0 Å². The molecule has 16 unspecified atom stereocenters. The molecule has 16 atom stereocenters. The molecule has 46 heavy (non-hydrogen) atoms. The first-order chi connectivity index (χ1) is 21.5. The van der Waals surface area contributed by atoms with E-state index >= 15 is 0 Å². The first-order valence-electron chi connectivity index (χ1n) is 14.2. The van der Waals surface area contributed by atoms with Gasteiger partial charge in [-0.15, -0.1) is 0 Å². The number of rotatable bonds is 12. The van der Waals surface area contributed by atoms with Crippen LogP contribution in [0.15, 0.2) is 0 Å². The Morgan fingerprint density at radius 2 is 1.50 bits per heavy atom. The molecule has 3 aliphatic rings. The van der Waals surface area contributed by atoms with Crippen molar-refractivity contribution in [1.82, 2.24) is 10.6 Å². The second-order valence-corrected chi connectivity index (χ2v) is 11.3. The van der Waals surface area contributed by atoms with E-state index in [4.69, 9.17) is 23.7 Å². The Balaban J connectivity index is 1.93. The Hall–Kier alpha value is -2.19. The number of aliphatic hydroxyl groups is 10. The van der Waals surface area contributed by atoms with E-state index in [0.717, 1.165) is 13.8 Å². The molecule has 0 aliphatic carbocycles. The summed E-state index contributed by atoms with van der Waals surface area (Å²) in [4.78, 5) is 35.9. The molecule has 0 saturated carbocycles. The van der Waals surface area contributed by atoms with Gasteiger partial charge in [0.1, 0.15) is 73.1 Å². The number of carbonyl (C=O) groups is 3. The van der Waals surface area contributed by atoms with Gasteiger partial charge in [0.15, 0.2) is 12.6 Å². The summed E-state index contributed by atoms with van der Waals surface area (Å²) in [6.45, 7) is -0.818. The van der Waals surface area contributed by atoms with E-state index in [1.807, 2.05) is 0 Å². The molecule has 266 valence electrons. The minimum absolute atomic E-state index is 0.739. The van der Waals surface area contributed by atoms with Crippen molar-refractivity contribution in [3.05, 3.63) is 0 Å². The third-order valence-corrected chi connectivity index (χ3v) is 7.85. The van der Waals surface area contributed by atoms with Gasteiger partial charge in [-0.25, -0.2) is 0 Å². The smallest absolute Gasteiger partial charge is 0.217 e. The monoisotopic (exact) mass is 673 g/mol. The summed E-state index contributed by atoms with van der Waals surface area (Å²) in [7, 11) is 0. The van der Waals surface area contributed by atoms with Crippen LogP contribution in [0, 0.1) is 0 Å². The predicted molar refractivity (Wildman–Crippen MR) is 139 cm³/mol. The van der Waals surface area contributed by atoms with Crippen molar-refractivity contribution in [2.45, 2.75) is 118 Å². The third kappa shape index (κ3) is 8.26. The summed E-state index contributed by atoms with van der Waals surface area (Å²) in [5.74, 6) is -6.60. The lowest BCUT2D eigenvalue weighted by Gasteiger charge is -2.50. The zero-order valence-electron chi connectivity index (χ0n) is 24.6. The van der Waals surface area contributed by atoms with Crippen molar-refractivity contribution in [1.29, 1.82) is 0 Å². The Morgan fingerprint density at radius 1 is 0.891 bits per heavy atom. The molecule has 3 heterocycles. The van der Waals surface area contributed by atoms with Gasteiger partial charge < -0.3 is 95.3 Å². The number of hydrogen-bond donors (Lipinski definition) is 12. The summed E-state index contributed by atoms with van der Waals surface area (Å²) in [6, 6.07) is -3.12. The molecule has 21 nitrogen and oxygen atoms in total. The van der Waals surface area contributed by atoms with Gasteiger partial charge in [-0.1, -0.05) is 0 Å². The number of carbonyl (C=O) groups excluding carboxylic acids is 3. The maximum atomic E-state index is 12.4. The second kappa shape index (κ2) is 15.8. The largest absolute Gasteiger partial charge is 0.544 e. The fraction of sp³-hybridized carbons (Fsp3) is 0.880. The van der Waals surface area contributed by atoms with Crippen LogP contribution >= 0.6 is 0 Å². The quantitative estimate of drug-likeness (QED) is 0.0914. The highest BCUT2D eigenvalue weighted by atomic mass is 16.7. The SMILES string of the molecule is CC(=O)NC1C(O)OC(COC2(C(=O)[O-])CC(O)C(NC(C)=O)C(C(O)C(O)CO)O2)C(OC2OC(CO)C(O)C(O)C2O)C1O. The predicted octanol–water partition coefficient (Wildman–Crippen LogP) is -9.41. The Kier molecular flexibility index (Phi) is 13.1. The fourth-order valence-electron chi connectivity index (χ4n) is 5.45. The van der Waals surface area contributed by atoms with Crippen LogP contribution in [-0.4, -0.2) is 186 Å². The van der Waals surface area contributed by atoms with Gasteiger partial charge in [0, 0.05) is 20.3 Å². The molecule has 3 saturated heterocycles. The average Bonchev–Trinajstić information content (AvgIpc) is 2.99. The standard InChI is InChI=1S/C25H42N2O19/c1-7(30)26-13-9(32)3-25(24(40)41,46-21(13)15(34)10(33)4-28)42-6-12-20(17(36)14(22(39)43-12)27-8(2)31)45-23-19(38)18(37)16(35)11(5-29)44-23/h9-23,28-29,32-39H,3-6H2,1-2H3,(H,26,30)(H,27,31)(H,40,41)/p-1. The van der Waals surface area contributed by atoms with Crippen molar-refractivity contribution >= 4 is 17.8 Å². The molecule has 3 rings (SSSR count). The Bertz CT molecular complexity index is 1050. The number of amides is 2. The minimum Gasteiger partial charge on any atom is -0.544 e. The molecule has 2 amide bonds. The van der Waals surface area contributed by atoms with Gasteiger partial charge in [0.2, 0.25) is 17.6 Å². The molecule has 0 spiro atoms. The molecule has 3 aliphatic heterocycles. The third-order valence-electron chi connectivity index (χ3n) is 7.85. The lowest BCUT2D eigenvalue weighted by atomic mass is 9.88. The molecule has 0 aromatic rings. The van der Waals surface area contributed by atoms with E-state index in [1.165, 1.54) is 0 Å². The Labute approximate surface area is 260 Å². The first kappa shape index (κ1) is 38.3. The summed E-state index contributed by atoms with van der Waals surface area (Å²) < 4.78 is 27.3. The highest BCUT2D eigenvalue weighted by Gasteiger charge is 2.55. The van der Waals surface area contributed by atoms with Crippen LogP contribution in [0.1, 0.15) is 20.3 Å². The minimum atomic E-state index is -2.98. The topological polar surface area (TPSA) is 347 Å². The molecule has 12 N–H and O–H groups in total. The zero-order valence-corrected chi connectivity index (χ0v) is 24.6. The maximum absolute atomic E-state index is 12.4. The van der Waals surface area contributed by atoms with Crippen molar-refractivity contribution in [2.24, 2.45) is 0 Å². The lowest BCUT2D eigenvalue weighted by molar-refractivity contribution is -0.390. The average molecular weight is 674 g/mol. The molecule has 3 fully saturated rings. The molecule has 0 radical (unpaired) electrons. The van der Waals surface area contributed by atoms with Crippen LogP contribution in [0.5, 0.6) is 0 Å². The number of carboxylic acid groups (broad SMARTS) is 1. The second-order valence-electron chi connectivity index (χ2n) is 11.3. The van der Waals surface area contributed by atoms with Crippen LogP contribution < -0.4 is 15.7 Å². The number of carboxylic acids is 1. The van der Waals surface area contributed by atoms with E-state index in [-0.39, 0.29) is 0 Å². The Morgan fingerprint density at radius 3 is 2.04 bits per heavy atom.